The highest BCUT2D eigenvalue weighted by Crippen LogP contribution is 2.24. The van der Waals surface area contributed by atoms with E-state index in [1.165, 1.54) is 5.56 Å². The second-order valence-electron chi connectivity index (χ2n) is 5.21. The highest BCUT2D eigenvalue weighted by molar-refractivity contribution is 6.31. The predicted molar refractivity (Wildman–Crippen MR) is 83.5 cm³/mol. The number of hydrogen-bond donors (Lipinski definition) is 2. The minimum atomic E-state index is 0.0381. The zero-order valence-electron chi connectivity index (χ0n) is 11.8. The molecule has 0 radical (unpaired) electrons. The first-order chi connectivity index (χ1) is 9.61. The van der Waals surface area contributed by atoms with Crippen molar-refractivity contribution in [1.29, 1.82) is 0 Å². The molecule has 4 heteroatoms. The minimum Gasteiger partial charge on any atom is -0.271 e. The third kappa shape index (κ3) is 3.57. The number of halogens is 1. The Morgan fingerprint density at radius 3 is 2.35 bits per heavy atom. The van der Waals surface area contributed by atoms with Gasteiger partial charge in [-0.2, -0.15) is 0 Å². The largest absolute Gasteiger partial charge is 0.271 e. The number of hydrazine groups is 1. The van der Waals surface area contributed by atoms with Crippen LogP contribution >= 0.6 is 11.6 Å². The molecule has 20 heavy (non-hydrogen) atoms. The Hall–Kier alpha value is -1.42. The van der Waals surface area contributed by atoms with Gasteiger partial charge in [0.15, 0.2) is 0 Å². The molecule has 1 heterocycles. The Labute approximate surface area is 125 Å². The first-order valence-electron chi connectivity index (χ1n) is 6.76. The zero-order chi connectivity index (χ0) is 14.5. The molecular weight excluding hydrogens is 270 g/mol. The fourth-order valence-electron chi connectivity index (χ4n) is 2.18. The van der Waals surface area contributed by atoms with E-state index in [0.717, 1.165) is 17.5 Å². The molecule has 0 amide bonds. The smallest absolute Gasteiger partial charge is 0.0622 e. The number of hydrogen-bond acceptors (Lipinski definition) is 3. The number of pyridine rings is 1. The van der Waals surface area contributed by atoms with Crippen molar-refractivity contribution < 1.29 is 0 Å². The quantitative estimate of drug-likeness (QED) is 0.653. The van der Waals surface area contributed by atoms with Crippen molar-refractivity contribution in [2.75, 3.05) is 0 Å². The van der Waals surface area contributed by atoms with Crippen LogP contribution in [0.4, 0.5) is 0 Å². The third-order valence-electron chi connectivity index (χ3n) is 3.49. The van der Waals surface area contributed by atoms with Crippen molar-refractivity contribution in [2.45, 2.75) is 32.2 Å². The Morgan fingerprint density at radius 1 is 1.15 bits per heavy atom. The van der Waals surface area contributed by atoms with Gasteiger partial charge in [0, 0.05) is 12.4 Å². The summed E-state index contributed by atoms with van der Waals surface area (Å²) in [6.07, 6.45) is 4.14. The molecule has 0 bridgehead atoms. The maximum absolute atomic E-state index is 6.15. The van der Waals surface area contributed by atoms with Gasteiger partial charge < -0.3 is 0 Å². The molecule has 0 aliphatic carbocycles. The van der Waals surface area contributed by atoms with E-state index in [4.69, 9.17) is 17.4 Å². The maximum atomic E-state index is 6.15. The minimum absolute atomic E-state index is 0.0381. The zero-order valence-corrected chi connectivity index (χ0v) is 12.6. The van der Waals surface area contributed by atoms with E-state index in [2.05, 4.69) is 48.5 Å². The molecule has 2 rings (SSSR count). The van der Waals surface area contributed by atoms with Crippen molar-refractivity contribution >= 4 is 11.6 Å². The number of rotatable bonds is 5. The normalized spacial score (nSPS) is 12.7. The maximum Gasteiger partial charge on any atom is 0.0622 e. The summed E-state index contributed by atoms with van der Waals surface area (Å²) in [5, 5.41) is 0.673. The SMILES string of the molecule is CC(C)c1ccc(C(Cc2ccncc2Cl)NN)cc1. The van der Waals surface area contributed by atoms with Crippen LogP contribution in [0.25, 0.3) is 0 Å². The average Bonchev–Trinajstić information content (AvgIpc) is 2.46. The Bertz CT molecular complexity index is 552. The van der Waals surface area contributed by atoms with Crippen LogP contribution in [0.15, 0.2) is 42.7 Å². The van der Waals surface area contributed by atoms with Gasteiger partial charge in [-0.3, -0.25) is 16.3 Å². The molecule has 1 unspecified atom stereocenters. The lowest BCUT2D eigenvalue weighted by Crippen LogP contribution is -2.29. The molecule has 0 aliphatic rings. The van der Waals surface area contributed by atoms with Gasteiger partial charge in [0.25, 0.3) is 0 Å². The van der Waals surface area contributed by atoms with Crippen molar-refractivity contribution in [1.82, 2.24) is 10.4 Å². The molecule has 1 atom stereocenters. The topological polar surface area (TPSA) is 50.9 Å². The van der Waals surface area contributed by atoms with E-state index >= 15 is 0 Å². The Kier molecular flexibility index (Phi) is 5.12. The van der Waals surface area contributed by atoms with Crippen LogP contribution in [0.5, 0.6) is 0 Å². The molecule has 0 saturated heterocycles. The van der Waals surface area contributed by atoms with Crippen LogP contribution in [0, 0.1) is 0 Å². The molecule has 0 spiro atoms. The number of nitrogens with two attached hydrogens (primary N) is 1. The van der Waals surface area contributed by atoms with Gasteiger partial charge in [-0.1, -0.05) is 49.7 Å². The molecule has 106 valence electrons. The fraction of sp³-hybridized carbons (Fsp3) is 0.312. The summed E-state index contributed by atoms with van der Waals surface area (Å²) in [7, 11) is 0. The van der Waals surface area contributed by atoms with Gasteiger partial charge in [0.1, 0.15) is 0 Å². The average molecular weight is 290 g/mol. The number of benzene rings is 1. The highest BCUT2D eigenvalue weighted by Gasteiger charge is 2.13. The summed E-state index contributed by atoms with van der Waals surface area (Å²) < 4.78 is 0. The van der Waals surface area contributed by atoms with Crippen LogP contribution in [-0.2, 0) is 6.42 Å². The van der Waals surface area contributed by atoms with Crippen molar-refractivity contribution in [3.05, 3.63) is 64.4 Å². The van der Waals surface area contributed by atoms with E-state index in [0.29, 0.717) is 10.9 Å². The summed E-state index contributed by atoms with van der Waals surface area (Å²) in [4.78, 5) is 4.00. The molecule has 0 aliphatic heterocycles. The second-order valence-corrected chi connectivity index (χ2v) is 5.62. The summed E-state index contributed by atoms with van der Waals surface area (Å²) >= 11 is 6.15. The van der Waals surface area contributed by atoms with E-state index in [-0.39, 0.29) is 6.04 Å². The van der Waals surface area contributed by atoms with E-state index in [1.54, 1.807) is 12.4 Å². The van der Waals surface area contributed by atoms with Crippen LogP contribution < -0.4 is 11.3 Å². The van der Waals surface area contributed by atoms with Crippen molar-refractivity contribution in [3.63, 3.8) is 0 Å². The summed E-state index contributed by atoms with van der Waals surface area (Å²) in [5.41, 5.74) is 6.39. The van der Waals surface area contributed by atoms with Crippen LogP contribution in [0.2, 0.25) is 5.02 Å². The molecule has 3 N–H and O–H groups in total. The van der Waals surface area contributed by atoms with Gasteiger partial charge >= 0.3 is 0 Å². The van der Waals surface area contributed by atoms with E-state index in [1.807, 2.05) is 6.07 Å². The molecule has 1 aromatic carbocycles. The standard InChI is InChI=1S/C16H20ClN3/c1-11(2)12-3-5-13(6-4-12)16(20-18)9-14-7-8-19-10-15(14)17/h3-8,10-11,16,20H,9,18H2,1-2H3. The lowest BCUT2D eigenvalue weighted by Gasteiger charge is -2.18. The van der Waals surface area contributed by atoms with Gasteiger partial charge in [0.05, 0.1) is 11.1 Å². The lowest BCUT2D eigenvalue weighted by atomic mass is 9.96. The molecule has 0 saturated carbocycles. The first-order valence-corrected chi connectivity index (χ1v) is 7.14. The number of aromatic nitrogens is 1. The van der Waals surface area contributed by atoms with E-state index in [9.17, 15) is 0 Å². The second kappa shape index (κ2) is 6.84. The summed E-state index contributed by atoms with van der Waals surface area (Å²) in [6.45, 7) is 4.37. The predicted octanol–water partition coefficient (Wildman–Crippen LogP) is 3.61. The molecular formula is C16H20ClN3. The molecule has 1 aromatic heterocycles. The van der Waals surface area contributed by atoms with Crippen LogP contribution in [-0.4, -0.2) is 4.98 Å². The van der Waals surface area contributed by atoms with Crippen molar-refractivity contribution in [2.24, 2.45) is 5.84 Å². The third-order valence-corrected chi connectivity index (χ3v) is 3.83. The number of nitrogens with zero attached hydrogens (tertiary/aromatic N) is 1. The fourth-order valence-corrected chi connectivity index (χ4v) is 2.37. The molecule has 0 fully saturated rings. The highest BCUT2D eigenvalue weighted by atomic mass is 35.5. The Balaban J connectivity index is 2.18. The van der Waals surface area contributed by atoms with E-state index < -0.39 is 0 Å². The summed E-state index contributed by atoms with van der Waals surface area (Å²) in [5.74, 6) is 6.22. The van der Waals surface area contributed by atoms with Crippen LogP contribution in [0.1, 0.15) is 42.5 Å². The Morgan fingerprint density at radius 2 is 1.80 bits per heavy atom. The first kappa shape index (κ1) is 15.0. The number of nitrogens with one attached hydrogen (secondary N) is 1. The summed E-state index contributed by atoms with van der Waals surface area (Å²) in [6, 6.07) is 10.5. The molecule has 2 aromatic rings. The molecule has 3 nitrogen and oxygen atoms in total. The van der Waals surface area contributed by atoms with Gasteiger partial charge in [-0.15, -0.1) is 0 Å². The van der Waals surface area contributed by atoms with Crippen molar-refractivity contribution in [3.8, 4) is 0 Å². The van der Waals surface area contributed by atoms with Crippen LogP contribution in [0.3, 0.4) is 0 Å². The monoisotopic (exact) mass is 289 g/mol. The van der Waals surface area contributed by atoms with Gasteiger partial charge in [-0.05, 0) is 35.1 Å². The van der Waals surface area contributed by atoms with Gasteiger partial charge in [-0.25, -0.2) is 0 Å². The van der Waals surface area contributed by atoms with Gasteiger partial charge in [0.2, 0.25) is 0 Å². The lowest BCUT2D eigenvalue weighted by molar-refractivity contribution is 0.551.